The van der Waals surface area contributed by atoms with Crippen molar-refractivity contribution in [1.29, 1.82) is 0 Å². The number of thiazole rings is 1. The second kappa shape index (κ2) is 6.66. The highest BCUT2D eigenvalue weighted by molar-refractivity contribution is 7.09. The molecule has 0 amide bonds. The predicted octanol–water partition coefficient (Wildman–Crippen LogP) is 2.39. The number of rotatable bonds is 7. The van der Waals surface area contributed by atoms with Gasteiger partial charge in [0, 0.05) is 24.7 Å². The second-order valence-corrected chi connectivity index (χ2v) is 5.38. The van der Waals surface area contributed by atoms with Crippen molar-refractivity contribution in [2.45, 2.75) is 39.8 Å². The lowest BCUT2D eigenvalue weighted by atomic mass is 10.3. The topological polar surface area (TPSA) is 42.7 Å². The van der Waals surface area contributed by atoms with Crippen LogP contribution < -0.4 is 5.32 Å². The minimum Gasteiger partial charge on any atom is -0.309 e. The maximum Gasteiger partial charge on any atom is 0.0928 e. The molecule has 0 fully saturated rings. The number of aromatic nitrogens is 3. The summed E-state index contributed by atoms with van der Waals surface area (Å²) >= 11 is 1.76. The van der Waals surface area contributed by atoms with Gasteiger partial charge in [0.1, 0.15) is 0 Å². The molecule has 0 aromatic carbocycles. The minimum absolute atomic E-state index is 0.848. The van der Waals surface area contributed by atoms with Crippen molar-refractivity contribution in [3.05, 3.63) is 34.0 Å². The van der Waals surface area contributed by atoms with Crippen LogP contribution in [-0.2, 0) is 19.5 Å². The van der Waals surface area contributed by atoms with Crippen LogP contribution in [0, 0.1) is 6.92 Å². The van der Waals surface area contributed by atoms with Crippen molar-refractivity contribution in [2.24, 2.45) is 0 Å². The number of hydrogen-bond donors (Lipinski definition) is 1. The van der Waals surface area contributed by atoms with E-state index in [1.807, 2.05) is 10.9 Å². The third kappa shape index (κ3) is 3.92. The molecule has 2 aromatic heterocycles. The van der Waals surface area contributed by atoms with E-state index in [0.29, 0.717) is 0 Å². The normalized spacial score (nSPS) is 11.0. The Morgan fingerprint density at radius 2 is 2.33 bits per heavy atom. The number of aryl methyl sites for hydroxylation is 2. The average Bonchev–Trinajstić information content (AvgIpc) is 2.95. The number of hydrogen-bond acceptors (Lipinski definition) is 4. The molecule has 4 nitrogen and oxygen atoms in total. The maximum atomic E-state index is 4.58. The van der Waals surface area contributed by atoms with Crippen molar-refractivity contribution in [1.82, 2.24) is 20.1 Å². The Bertz CT molecular complexity index is 475. The van der Waals surface area contributed by atoms with Gasteiger partial charge in [-0.1, -0.05) is 6.92 Å². The molecular weight excluding hydrogens is 244 g/mol. The zero-order chi connectivity index (χ0) is 12.8. The van der Waals surface area contributed by atoms with Crippen LogP contribution in [0.2, 0.25) is 0 Å². The summed E-state index contributed by atoms with van der Waals surface area (Å²) in [6.07, 6.45) is 6.21. The Labute approximate surface area is 112 Å². The highest BCUT2D eigenvalue weighted by atomic mass is 32.1. The van der Waals surface area contributed by atoms with Gasteiger partial charge < -0.3 is 5.32 Å². The first-order valence-corrected chi connectivity index (χ1v) is 7.29. The fraction of sp³-hybridized carbons (Fsp3) is 0.538. The molecule has 2 rings (SSSR count). The van der Waals surface area contributed by atoms with Crippen molar-refractivity contribution in [3.63, 3.8) is 0 Å². The molecule has 0 atom stereocenters. The van der Waals surface area contributed by atoms with E-state index in [1.54, 1.807) is 11.3 Å². The molecule has 98 valence electrons. The van der Waals surface area contributed by atoms with Gasteiger partial charge >= 0.3 is 0 Å². The second-order valence-electron chi connectivity index (χ2n) is 4.44. The van der Waals surface area contributed by atoms with E-state index < -0.39 is 0 Å². The molecule has 1 N–H and O–H groups in total. The third-order valence-corrected chi connectivity index (χ3v) is 3.61. The smallest absolute Gasteiger partial charge is 0.0928 e. The molecule has 18 heavy (non-hydrogen) atoms. The summed E-state index contributed by atoms with van der Waals surface area (Å²) in [5, 5.41) is 11.0. The van der Waals surface area contributed by atoms with E-state index in [1.165, 1.54) is 17.0 Å². The highest BCUT2D eigenvalue weighted by Crippen LogP contribution is 2.11. The van der Waals surface area contributed by atoms with E-state index in [2.05, 4.69) is 40.8 Å². The molecule has 0 saturated heterocycles. The van der Waals surface area contributed by atoms with E-state index in [9.17, 15) is 0 Å². The first-order chi connectivity index (χ1) is 8.78. The number of nitrogens with one attached hydrogen (secondary N) is 1. The van der Waals surface area contributed by atoms with Crippen molar-refractivity contribution < 1.29 is 0 Å². The summed E-state index contributed by atoms with van der Waals surface area (Å²) in [7, 11) is 0. The largest absolute Gasteiger partial charge is 0.309 e. The molecule has 2 heterocycles. The van der Waals surface area contributed by atoms with Crippen LogP contribution in [0.1, 0.15) is 29.6 Å². The summed E-state index contributed by atoms with van der Waals surface area (Å²) < 4.78 is 1.96. The van der Waals surface area contributed by atoms with Crippen LogP contribution in [-0.4, -0.2) is 21.3 Å². The zero-order valence-corrected chi connectivity index (χ0v) is 11.8. The predicted molar refractivity (Wildman–Crippen MR) is 74.8 cm³/mol. The standard InChI is InChI=1S/C13H20N4S/c1-3-4-13-16-12(10-18-13)8-14-5-6-17-9-11(2)7-15-17/h7,9-10,14H,3-6,8H2,1-2H3. The lowest BCUT2D eigenvalue weighted by Crippen LogP contribution is -2.19. The molecule has 0 bridgehead atoms. The lowest BCUT2D eigenvalue weighted by Gasteiger charge is -2.02. The molecule has 0 unspecified atom stereocenters. The molecule has 0 radical (unpaired) electrons. The van der Waals surface area contributed by atoms with Crippen molar-refractivity contribution in [3.8, 4) is 0 Å². The number of nitrogens with zero attached hydrogens (tertiary/aromatic N) is 3. The van der Waals surface area contributed by atoms with Crippen LogP contribution in [0.5, 0.6) is 0 Å². The van der Waals surface area contributed by atoms with Gasteiger partial charge in [-0.05, 0) is 25.3 Å². The molecule has 0 aliphatic heterocycles. The summed E-state index contributed by atoms with van der Waals surface area (Å²) in [6, 6.07) is 0. The van der Waals surface area contributed by atoms with Crippen LogP contribution in [0.4, 0.5) is 0 Å². The van der Waals surface area contributed by atoms with Crippen molar-refractivity contribution in [2.75, 3.05) is 6.54 Å². The van der Waals surface area contributed by atoms with Gasteiger partial charge in [0.2, 0.25) is 0 Å². The molecular formula is C13H20N4S. The van der Waals surface area contributed by atoms with E-state index in [-0.39, 0.29) is 0 Å². The van der Waals surface area contributed by atoms with Gasteiger partial charge in [-0.25, -0.2) is 4.98 Å². The Kier molecular flexibility index (Phi) is 4.90. The van der Waals surface area contributed by atoms with Gasteiger partial charge in [0.05, 0.1) is 23.4 Å². The maximum absolute atomic E-state index is 4.58. The zero-order valence-electron chi connectivity index (χ0n) is 11.0. The Morgan fingerprint density at radius 3 is 3.06 bits per heavy atom. The van der Waals surface area contributed by atoms with Gasteiger partial charge in [-0.15, -0.1) is 11.3 Å². The molecule has 0 saturated carbocycles. The van der Waals surface area contributed by atoms with Crippen LogP contribution in [0.25, 0.3) is 0 Å². The van der Waals surface area contributed by atoms with Crippen LogP contribution in [0.15, 0.2) is 17.8 Å². The Morgan fingerprint density at radius 1 is 1.44 bits per heavy atom. The molecule has 0 spiro atoms. The first-order valence-electron chi connectivity index (χ1n) is 6.41. The Hall–Kier alpha value is -1.20. The summed E-state index contributed by atoms with van der Waals surface area (Å²) in [5.41, 5.74) is 2.36. The molecule has 0 aliphatic carbocycles. The third-order valence-electron chi connectivity index (χ3n) is 2.65. The molecule has 0 aliphatic rings. The van der Waals surface area contributed by atoms with Gasteiger partial charge in [0.25, 0.3) is 0 Å². The van der Waals surface area contributed by atoms with Crippen LogP contribution in [0.3, 0.4) is 0 Å². The summed E-state index contributed by atoms with van der Waals surface area (Å²) in [6.45, 7) is 6.91. The quantitative estimate of drug-likeness (QED) is 0.781. The minimum atomic E-state index is 0.848. The van der Waals surface area contributed by atoms with E-state index in [0.717, 1.165) is 31.7 Å². The van der Waals surface area contributed by atoms with Gasteiger partial charge in [-0.2, -0.15) is 5.10 Å². The highest BCUT2D eigenvalue weighted by Gasteiger charge is 2.00. The van der Waals surface area contributed by atoms with Gasteiger partial charge in [-0.3, -0.25) is 4.68 Å². The van der Waals surface area contributed by atoms with Gasteiger partial charge in [0.15, 0.2) is 0 Å². The summed E-state index contributed by atoms with van der Waals surface area (Å²) in [5.74, 6) is 0. The fourth-order valence-electron chi connectivity index (χ4n) is 1.76. The SMILES string of the molecule is CCCc1nc(CNCCn2cc(C)cn2)cs1. The monoisotopic (exact) mass is 264 g/mol. The lowest BCUT2D eigenvalue weighted by molar-refractivity contribution is 0.552. The molecule has 2 aromatic rings. The van der Waals surface area contributed by atoms with Crippen LogP contribution >= 0.6 is 11.3 Å². The summed E-state index contributed by atoms with van der Waals surface area (Å²) in [4.78, 5) is 4.58. The molecule has 5 heteroatoms. The van der Waals surface area contributed by atoms with E-state index in [4.69, 9.17) is 0 Å². The van der Waals surface area contributed by atoms with Crippen molar-refractivity contribution >= 4 is 11.3 Å². The average molecular weight is 264 g/mol. The fourth-order valence-corrected chi connectivity index (χ4v) is 2.66. The Balaban J connectivity index is 1.68. The first kappa shape index (κ1) is 13.2. The van der Waals surface area contributed by atoms with E-state index >= 15 is 0 Å².